The molecule has 5 nitrogen and oxygen atoms in total. The maximum atomic E-state index is 11.8. The number of nitrogens with two attached hydrogens (primary N) is 1. The Morgan fingerprint density at radius 3 is 2.90 bits per heavy atom. The second-order valence-electron chi connectivity index (χ2n) is 4.22. The molecule has 0 spiro atoms. The Balaban J connectivity index is 1.92. The standard InChI is InChI=1S/C14H15N3O2S/c15-14(17-19)11-4-1-3-10(7-11)9-16-13(18)8-12-5-2-6-20-12/h1-7,19H,8-9H2,(H2,15,17)(H,16,18). The van der Waals surface area contributed by atoms with Crippen molar-refractivity contribution in [2.45, 2.75) is 13.0 Å². The van der Waals surface area contributed by atoms with Crippen molar-refractivity contribution in [3.8, 4) is 0 Å². The lowest BCUT2D eigenvalue weighted by molar-refractivity contribution is -0.120. The zero-order valence-electron chi connectivity index (χ0n) is 10.7. The van der Waals surface area contributed by atoms with Crippen molar-refractivity contribution in [1.82, 2.24) is 5.32 Å². The number of amides is 1. The molecule has 0 atom stereocenters. The third kappa shape index (κ3) is 3.83. The number of benzene rings is 1. The van der Waals surface area contributed by atoms with Crippen LogP contribution in [-0.2, 0) is 17.8 Å². The molecule has 2 aromatic rings. The Bertz CT molecular complexity index is 609. The Hall–Kier alpha value is -2.34. The summed E-state index contributed by atoms with van der Waals surface area (Å²) < 4.78 is 0. The topological polar surface area (TPSA) is 87.7 Å². The third-order valence-electron chi connectivity index (χ3n) is 2.74. The summed E-state index contributed by atoms with van der Waals surface area (Å²) in [6.45, 7) is 0.413. The van der Waals surface area contributed by atoms with Crippen molar-refractivity contribution in [3.05, 3.63) is 57.8 Å². The molecule has 0 bridgehead atoms. The van der Waals surface area contributed by atoms with E-state index < -0.39 is 0 Å². The van der Waals surface area contributed by atoms with Crippen LogP contribution in [-0.4, -0.2) is 17.0 Å². The first-order valence-corrected chi connectivity index (χ1v) is 6.93. The molecular weight excluding hydrogens is 274 g/mol. The highest BCUT2D eigenvalue weighted by Gasteiger charge is 2.05. The normalized spacial score (nSPS) is 11.3. The minimum atomic E-state index is -0.0262. The van der Waals surface area contributed by atoms with Crippen molar-refractivity contribution >= 4 is 23.1 Å². The van der Waals surface area contributed by atoms with Crippen molar-refractivity contribution < 1.29 is 10.0 Å². The number of thiophene rings is 1. The molecule has 0 unspecified atom stereocenters. The summed E-state index contributed by atoms with van der Waals surface area (Å²) in [6.07, 6.45) is 0.387. The molecule has 0 aliphatic rings. The summed E-state index contributed by atoms with van der Waals surface area (Å²) in [7, 11) is 0. The summed E-state index contributed by atoms with van der Waals surface area (Å²) in [5, 5.41) is 16.4. The molecule has 20 heavy (non-hydrogen) atoms. The van der Waals surface area contributed by atoms with Crippen molar-refractivity contribution in [2.24, 2.45) is 10.9 Å². The molecule has 0 saturated carbocycles. The maximum absolute atomic E-state index is 11.8. The van der Waals surface area contributed by atoms with E-state index in [1.54, 1.807) is 29.5 Å². The molecule has 2 rings (SSSR count). The fourth-order valence-electron chi connectivity index (χ4n) is 1.73. The molecule has 0 fully saturated rings. The fraction of sp³-hybridized carbons (Fsp3) is 0.143. The van der Waals surface area contributed by atoms with E-state index in [2.05, 4.69) is 10.5 Å². The lowest BCUT2D eigenvalue weighted by Crippen LogP contribution is -2.24. The predicted octanol–water partition coefficient (Wildman–Crippen LogP) is 1.70. The minimum absolute atomic E-state index is 0.0262. The molecule has 104 valence electrons. The van der Waals surface area contributed by atoms with E-state index in [1.165, 1.54) is 0 Å². The number of nitrogens with one attached hydrogen (secondary N) is 1. The minimum Gasteiger partial charge on any atom is -0.409 e. The molecule has 1 amide bonds. The monoisotopic (exact) mass is 289 g/mol. The summed E-state index contributed by atoms with van der Waals surface area (Å²) in [4.78, 5) is 12.8. The van der Waals surface area contributed by atoms with Gasteiger partial charge in [-0.25, -0.2) is 0 Å². The van der Waals surface area contributed by atoms with Crippen LogP contribution in [0.25, 0.3) is 0 Å². The van der Waals surface area contributed by atoms with Gasteiger partial charge in [0.15, 0.2) is 5.84 Å². The van der Waals surface area contributed by atoms with Crippen LogP contribution >= 0.6 is 11.3 Å². The number of oxime groups is 1. The second kappa shape index (κ2) is 6.72. The van der Waals surface area contributed by atoms with Crippen LogP contribution in [0.4, 0.5) is 0 Å². The van der Waals surface area contributed by atoms with Gasteiger partial charge in [-0.05, 0) is 23.1 Å². The Morgan fingerprint density at radius 1 is 1.35 bits per heavy atom. The zero-order chi connectivity index (χ0) is 14.4. The summed E-state index contributed by atoms with van der Waals surface area (Å²) in [5.41, 5.74) is 7.04. The molecule has 4 N–H and O–H groups in total. The van der Waals surface area contributed by atoms with Crippen LogP contribution in [0, 0.1) is 0 Å². The lowest BCUT2D eigenvalue weighted by Gasteiger charge is -2.06. The van der Waals surface area contributed by atoms with Gasteiger partial charge in [0.2, 0.25) is 5.91 Å². The van der Waals surface area contributed by atoms with Crippen molar-refractivity contribution in [3.63, 3.8) is 0 Å². The van der Waals surface area contributed by atoms with E-state index in [9.17, 15) is 4.79 Å². The van der Waals surface area contributed by atoms with E-state index >= 15 is 0 Å². The molecular formula is C14H15N3O2S. The van der Waals surface area contributed by atoms with Gasteiger partial charge in [0.1, 0.15) is 0 Å². The van der Waals surface area contributed by atoms with Crippen LogP contribution in [0.3, 0.4) is 0 Å². The number of hydrogen-bond acceptors (Lipinski definition) is 4. The first-order chi connectivity index (χ1) is 9.69. The van der Waals surface area contributed by atoms with Crippen LogP contribution in [0.15, 0.2) is 46.9 Å². The van der Waals surface area contributed by atoms with Crippen molar-refractivity contribution in [2.75, 3.05) is 0 Å². The molecule has 1 aromatic carbocycles. The quantitative estimate of drug-likeness (QED) is 0.339. The summed E-state index contributed by atoms with van der Waals surface area (Å²) >= 11 is 1.56. The first kappa shape index (κ1) is 14.1. The van der Waals surface area contributed by atoms with E-state index in [0.717, 1.165) is 10.4 Å². The zero-order valence-corrected chi connectivity index (χ0v) is 11.6. The SMILES string of the molecule is NC(=NO)c1cccc(CNC(=O)Cc2cccs2)c1. The van der Waals surface area contributed by atoms with Gasteiger partial charge in [-0.2, -0.15) is 0 Å². The molecule has 0 aliphatic carbocycles. The van der Waals surface area contributed by atoms with Gasteiger partial charge in [-0.15, -0.1) is 11.3 Å². The number of hydrogen-bond donors (Lipinski definition) is 3. The summed E-state index contributed by atoms with van der Waals surface area (Å²) in [5.74, 6) is 0.0263. The van der Waals surface area contributed by atoms with E-state index in [4.69, 9.17) is 10.9 Å². The Labute approximate surface area is 120 Å². The lowest BCUT2D eigenvalue weighted by atomic mass is 10.1. The highest BCUT2D eigenvalue weighted by molar-refractivity contribution is 7.10. The number of amidine groups is 1. The average molecular weight is 289 g/mol. The molecule has 0 saturated heterocycles. The van der Waals surface area contributed by atoms with Crippen molar-refractivity contribution in [1.29, 1.82) is 0 Å². The molecule has 0 radical (unpaired) electrons. The molecule has 0 aliphatic heterocycles. The first-order valence-electron chi connectivity index (χ1n) is 6.05. The molecule has 1 heterocycles. The van der Waals surface area contributed by atoms with Gasteiger partial charge < -0.3 is 16.3 Å². The van der Waals surface area contributed by atoms with Gasteiger partial charge in [-0.1, -0.05) is 29.4 Å². The number of carbonyl (C=O) groups excluding carboxylic acids is 1. The number of nitrogens with zero attached hydrogens (tertiary/aromatic N) is 1. The van der Waals surface area contributed by atoms with Crippen LogP contribution in [0.1, 0.15) is 16.0 Å². The van der Waals surface area contributed by atoms with Gasteiger partial charge >= 0.3 is 0 Å². The average Bonchev–Trinajstić information content (AvgIpc) is 2.97. The number of carbonyl (C=O) groups is 1. The van der Waals surface area contributed by atoms with E-state index in [-0.39, 0.29) is 11.7 Å². The predicted molar refractivity (Wildman–Crippen MR) is 78.8 cm³/mol. The fourth-order valence-corrected chi connectivity index (χ4v) is 2.44. The second-order valence-corrected chi connectivity index (χ2v) is 5.25. The Kier molecular flexibility index (Phi) is 4.73. The van der Waals surface area contributed by atoms with Crippen LogP contribution in [0.5, 0.6) is 0 Å². The van der Waals surface area contributed by atoms with E-state index in [1.807, 2.05) is 23.6 Å². The molecule has 6 heteroatoms. The summed E-state index contributed by atoms with van der Waals surface area (Å²) in [6, 6.07) is 11.1. The maximum Gasteiger partial charge on any atom is 0.225 e. The van der Waals surface area contributed by atoms with E-state index in [0.29, 0.717) is 18.5 Å². The largest absolute Gasteiger partial charge is 0.409 e. The highest BCUT2D eigenvalue weighted by atomic mass is 32.1. The highest BCUT2D eigenvalue weighted by Crippen LogP contribution is 2.09. The van der Waals surface area contributed by atoms with Crippen LogP contribution in [0.2, 0.25) is 0 Å². The van der Waals surface area contributed by atoms with Gasteiger partial charge in [0.05, 0.1) is 6.42 Å². The Morgan fingerprint density at radius 2 is 2.20 bits per heavy atom. The van der Waals surface area contributed by atoms with Gasteiger partial charge in [-0.3, -0.25) is 4.79 Å². The third-order valence-corrected chi connectivity index (χ3v) is 3.61. The van der Waals surface area contributed by atoms with Gasteiger partial charge in [0, 0.05) is 17.0 Å². The smallest absolute Gasteiger partial charge is 0.225 e. The number of rotatable bonds is 5. The van der Waals surface area contributed by atoms with Gasteiger partial charge in [0.25, 0.3) is 0 Å². The molecule has 1 aromatic heterocycles. The van der Waals surface area contributed by atoms with Crippen LogP contribution < -0.4 is 11.1 Å².